The number of carbonyl (C=O) groups is 1. The summed E-state index contributed by atoms with van der Waals surface area (Å²) in [6.45, 7) is 2.82. The number of halogens is 1. The Kier molecular flexibility index (Phi) is 4.88. The number of hydrogen-bond donors (Lipinski definition) is 0. The van der Waals surface area contributed by atoms with E-state index >= 15 is 0 Å². The lowest BCUT2D eigenvalue weighted by Gasteiger charge is -2.21. The van der Waals surface area contributed by atoms with Gasteiger partial charge >= 0.3 is 0 Å². The number of benzene rings is 2. The summed E-state index contributed by atoms with van der Waals surface area (Å²) < 4.78 is 12.8. The molecule has 0 fully saturated rings. The molecule has 0 spiro atoms. The van der Waals surface area contributed by atoms with Crippen molar-refractivity contribution in [3.63, 3.8) is 0 Å². The Balaban J connectivity index is 1.96. The lowest BCUT2D eigenvalue weighted by Crippen LogP contribution is -2.30. The van der Waals surface area contributed by atoms with Gasteiger partial charge in [0, 0.05) is 20.0 Å². The molecule has 3 heteroatoms. The molecule has 0 saturated heterocycles. The van der Waals surface area contributed by atoms with Crippen LogP contribution >= 0.6 is 0 Å². The third kappa shape index (κ3) is 4.19. The van der Waals surface area contributed by atoms with Crippen molar-refractivity contribution in [1.29, 1.82) is 0 Å². The van der Waals surface area contributed by atoms with Gasteiger partial charge in [0.25, 0.3) is 0 Å². The average molecular weight is 271 g/mol. The van der Waals surface area contributed by atoms with E-state index in [1.165, 1.54) is 12.1 Å². The maximum Gasteiger partial charge on any atom is 0.219 e. The van der Waals surface area contributed by atoms with Gasteiger partial charge in [-0.25, -0.2) is 4.39 Å². The summed E-state index contributed by atoms with van der Waals surface area (Å²) in [6.07, 6.45) is 0.729. The monoisotopic (exact) mass is 271 g/mol. The molecule has 2 nitrogen and oxygen atoms in total. The molecule has 0 aliphatic carbocycles. The minimum Gasteiger partial charge on any atom is -0.338 e. The van der Waals surface area contributed by atoms with Crippen LogP contribution in [0.25, 0.3) is 0 Å². The minimum atomic E-state index is -0.235. The predicted molar refractivity (Wildman–Crippen MR) is 77.6 cm³/mol. The van der Waals surface area contributed by atoms with Crippen LogP contribution in [0.15, 0.2) is 54.6 Å². The van der Waals surface area contributed by atoms with Crippen molar-refractivity contribution in [1.82, 2.24) is 4.90 Å². The largest absolute Gasteiger partial charge is 0.338 e. The highest BCUT2D eigenvalue weighted by atomic mass is 19.1. The fourth-order valence-corrected chi connectivity index (χ4v) is 2.07. The third-order valence-corrected chi connectivity index (χ3v) is 3.25. The molecule has 0 heterocycles. The van der Waals surface area contributed by atoms with Gasteiger partial charge in [-0.05, 0) is 29.7 Å². The van der Waals surface area contributed by atoms with Gasteiger partial charge in [0.15, 0.2) is 0 Å². The summed E-state index contributed by atoms with van der Waals surface area (Å²) in [5.74, 6) is -0.183. The molecule has 0 saturated carbocycles. The zero-order valence-corrected chi connectivity index (χ0v) is 11.6. The van der Waals surface area contributed by atoms with Crippen molar-refractivity contribution in [2.75, 3.05) is 6.54 Å². The van der Waals surface area contributed by atoms with Crippen molar-refractivity contribution < 1.29 is 9.18 Å². The van der Waals surface area contributed by atoms with Gasteiger partial charge in [-0.1, -0.05) is 42.5 Å². The Labute approximate surface area is 118 Å². The van der Waals surface area contributed by atoms with Gasteiger partial charge in [0.1, 0.15) is 5.82 Å². The van der Waals surface area contributed by atoms with E-state index in [0.717, 1.165) is 17.5 Å². The summed E-state index contributed by atoms with van der Waals surface area (Å²) in [4.78, 5) is 13.5. The Morgan fingerprint density at radius 3 is 2.25 bits per heavy atom. The van der Waals surface area contributed by atoms with Crippen LogP contribution in [-0.2, 0) is 17.8 Å². The van der Waals surface area contributed by atoms with Crippen molar-refractivity contribution in [2.24, 2.45) is 0 Å². The Bertz CT molecular complexity index is 551. The van der Waals surface area contributed by atoms with Crippen LogP contribution in [0.2, 0.25) is 0 Å². The number of rotatable bonds is 5. The van der Waals surface area contributed by atoms with Gasteiger partial charge < -0.3 is 4.90 Å². The van der Waals surface area contributed by atoms with E-state index in [4.69, 9.17) is 0 Å². The van der Waals surface area contributed by atoms with E-state index in [9.17, 15) is 9.18 Å². The lowest BCUT2D eigenvalue weighted by atomic mass is 10.1. The lowest BCUT2D eigenvalue weighted by molar-refractivity contribution is -0.129. The molecule has 0 atom stereocenters. The number of hydrogen-bond acceptors (Lipinski definition) is 1. The standard InChI is InChI=1S/C17H18FNO/c1-14(20)19(13-16-5-3-2-4-6-16)12-11-15-7-9-17(18)10-8-15/h2-10H,11-13H2,1H3. The van der Waals surface area contributed by atoms with Crippen LogP contribution < -0.4 is 0 Å². The van der Waals surface area contributed by atoms with Gasteiger partial charge in [-0.2, -0.15) is 0 Å². The van der Waals surface area contributed by atoms with Gasteiger partial charge in [-0.15, -0.1) is 0 Å². The fourth-order valence-electron chi connectivity index (χ4n) is 2.07. The molecule has 20 heavy (non-hydrogen) atoms. The summed E-state index contributed by atoms with van der Waals surface area (Å²) >= 11 is 0. The first-order valence-corrected chi connectivity index (χ1v) is 6.69. The van der Waals surface area contributed by atoms with Crippen molar-refractivity contribution in [3.8, 4) is 0 Å². The molecule has 0 bridgehead atoms. The molecule has 0 N–H and O–H groups in total. The SMILES string of the molecule is CC(=O)N(CCc1ccc(F)cc1)Cc1ccccc1. The molecule has 0 radical (unpaired) electrons. The van der Waals surface area contributed by atoms with Gasteiger partial charge in [-0.3, -0.25) is 4.79 Å². The van der Waals surface area contributed by atoms with E-state index in [0.29, 0.717) is 13.1 Å². The molecular formula is C17H18FNO. The highest BCUT2D eigenvalue weighted by Crippen LogP contribution is 2.08. The van der Waals surface area contributed by atoms with Crippen LogP contribution in [-0.4, -0.2) is 17.4 Å². The molecule has 104 valence electrons. The van der Waals surface area contributed by atoms with E-state index < -0.39 is 0 Å². The zero-order valence-electron chi connectivity index (χ0n) is 11.6. The molecule has 0 aromatic heterocycles. The molecule has 0 unspecified atom stereocenters. The van der Waals surface area contributed by atoms with Gasteiger partial charge in [0.05, 0.1) is 0 Å². The molecule has 2 aromatic rings. The molecule has 0 aliphatic rings. The summed E-state index contributed by atoms with van der Waals surface area (Å²) in [7, 11) is 0. The Morgan fingerprint density at radius 1 is 1.00 bits per heavy atom. The number of nitrogens with zero attached hydrogens (tertiary/aromatic N) is 1. The van der Waals surface area contributed by atoms with Crippen molar-refractivity contribution >= 4 is 5.91 Å². The zero-order chi connectivity index (χ0) is 14.4. The van der Waals surface area contributed by atoms with Crippen LogP contribution in [0.4, 0.5) is 4.39 Å². The van der Waals surface area contributed by atoms with Crippen LogP contribution in [0.5, 0.6) is 0 Å². The first-order chi connectivity index (χ1) is 9.65. The van der Waals surface area contributed by atoms with Crippen molar-refractivity contribution in [3.05, 3.63) is 71.5 Å². The minimum absolute atomic E-state index is 0.0518. The molecule has 1 amide bonds. The number of amides is 1. The highest BCUT2D eigenvalue weighted by molar-refractivity contribution is 5.73. The summed E-state index contributed by atoms with van der Waals surface area (Å²) in [6, 6.07) is 16.3. The van der Waals surface area contributed by atoms with Crippen LogP contribution in [0.1, 0.15) is 18.1 Å². The average Bonchev–Trinajstić information content (AvgIpc) is 2.46. The van der Waals surface area contributed by atoms with E-state index in [-0.39, 0.29) is 11.7 Å². The second-order valence-electron chi connectivity index (χ2n) is 4.80. The fraction of sp³-hybridized carbons (Fsp3) is 0.235. The van der Waals surface area contributed by atoms with Crippen molar-refractivity contribution in [2.45, 2.75) is 19.9 Å². The predicted octanol–water partition coefficient (Wildman–Crippen LogP) is 3.42. The van der Waals surface area contributed by atoms with E-state index in [1.54, 1.807) is 24.0 Å². The quantitative estimate of drug-likeness (QED) is 0.816. The Morgan fingerprint density at radius 2 is 1.65 bits per heavy atom. The van der Waals surface area contributed by atoms with Gasteiger partial charge in [0.2, 0.25) is 5.91 Å². The first kappa shape index (κ1) is 14.3. The maximum absolute atomic E-state index is 12.8. The first-order valence-electron chi connectivity index (χ1n) is 6.69. The molecule has 2 rings (SSSR count). The maximum atomic E-state index is 12.8. The highest BCUT2D eigenvalue weighted by Gasteiger charge is 2.09. The Hall–Kier alpha value is -2.16. The normalized spacial score (nSPS) is 10.3. The smallest absolute Gasteiger partial charge is 0.219 e. The van der Waals surface area contributed by atoms with E-state index in [2.05, 4.69) is 0 Å². The molecule has 0 aliphatic heterocycles. The van der Waals surface area contributed by atoms with E-state index in [1.807, 2.05) is 30.3 Å². The second kappa shape index (κ2) is 6.85. The number of carbonyl (C=O) groups excluding carboxylic acids is 1. The third-order valence-electron chi connectivity index (χ3n) is 3.25. The van der Waals surface area contributed by atoms with Crippen LogP contribution in [0, 0.1) is 5.82 Å². The molecule has 2 aromatic carbocycles. The topological polar surface area (TPSA) is 20.3 Å². The summed E-state index contributed by atoms with van der Waals surface area (Å²) in [5.41, 5.74) is 2.15. The van der Waals surface area contributed by atoms with Crippen LogP contribution in [0.3, 0.4) is 0 Å². The molecular weight excluding hydrogens is 253 g/mol. The second-order valence-corrected chi connectivity index (χ2v) is 4.80. The summed E-state index contributed by atoms with van der Waals surface area (Å²) in [5, 5.41) is 0.